The molecule has 0 bridgehead atoms. The molecule has 0 aliphatic rings. The van der Waals surface area contributed by atoms with Crippen molar-refractivity contribution in [2.75, 3.05) is 6.61 Å². The maximum Gasteiger partial charge on any atom is 0.309 e. The van der Waals surface area contributed by atoms with Crippen LogP contribution in [0.25, 0.3) is 11.4 Å². The molecule has 2 N–H and O–H groups in total. The Morgan fingerprint density at radius 1 is 1.37 bits per heavy atom. The van der Waals surface area contributed by atoms with Gasteiger partial charge in [0.1, 0.15) is 17.6 Å². The van der Waals surface area contributed by atoms with E-state index in [0.717, 1.165) is 0 Å². The summed E-state index contributed by atoms with van der Waals surface area (Å²) in [4.78, 5) is 25.4. The molecular formula is C16H16N6O5. The zero-order valence-corrected chi connectivity index (χ0v) is 14.4. The third-order valence-corrected chi connectivity index (χ3v) is 3.77. The van der Waals surface area contributed by atoms with Crippen LogP contribution >= 0.6 is 0 Å². The lowest BCUT2D eigenvalue weighted by Crippen LogP contribution is -2.19. The molecule has 0 spiro atoms. The number of nitrogens with two attached hydrogens (primary N) is 1. The molecule has 11 heteroatoms. The lowest BCUT2D eigenvalue weighted by Gasteiger charge is -2.03. The summed E-state index contributed by atoms with van der Waals surface area (Å²) in [7, 11) is 0. The second kappa shape index (κ2) is 7.64. The van der Waals surface area contributed by atoms with Crippen LogP contribution in [0.1, 0.15) is 11.6 Å². The van der Waals surface area contributed by atoms with Gasteiger partial charge in [0.05, 0.1) is 11.5 Å². The van der Waals surface area contributed by atoms with Crippen LogP contribution in [0.15, 0.2) is 35.0 Å². The molecule has 3 aromatic rings. The molecule has 27 heavy (non-hydrogen) atoms. The highest BCUT2D eigenvalue weighted by Gasteiger charge is 2.17. The second-order valence-corrected chi connectivity index (χ2v) is 5.64. The third kappa shape index (κ3) is 4.26. The molecule has 0 saturated carbocycles. The summed E-state index contributed by atoms with van der Waals surface area (Å²) < 4.78 is 11.9. The van der Waals surface area contributed by atoms with Crippen LogP contribution in [-0.4, -0.2) is 37.4 Å². The summed E-state index contributed by atoms with van der Waals surface area (Å²) in [5, 5.41) is 18.8. The fourth-order valence-electron chi connectivity index (χ4n) is 2.37. The Labute approximate surface area is 152 Å². The van der Waals surface area contributed by atoms with Crippen molar-refractivity contribution in [1.82, 2.24) is 19.9 Å². The topological polar surface area (TPSA) is 152 Å². The van der Waals surface area contributed by atoms with E-state index in [4.69, 9.17) is 15.0 Å². The first kappa shape index (κ1) is 18.0. The number of aryl methyl sites for hydroxylation is 2. The first-order valence-electron chi connectivity index (χ1n) is 7.95. The van der Waals surface area contributed by atoms with Crippen molar-refractivity contribution in [3.63, 3.8) is 0 Å². The highest BCUT2D eigenvalue weighted by Crippen LogP contribution is 2.21. The minimum absolute atomic E-state index is 0.0279. The van der Waals surface area contributed by atoms with Crippen LogP contribution in [0, 0.1) is 17.0 Å². The highest BCUT2D eigenvalue weighted by molar-refractivity contribution is 5.75. The van der Waals surface area contributed by atoms with Gasteiger partial charge in [-0.2, -0.15) is 10.1 Å². The first-order chi connectivity index (χ1) is 12.9. The van der Waals surface area contributed by atoms with Crippen molar-refractivity contribution in [3.8, 4) is 17.1 Å². The van der Waals surface area contributed by atoms with Crippen LogP contribution in [0.3, 0.4) is 0 Å². The quantitative estimate of drug-likeness (QED) is 0.458. The molecular weight excluding hydrogens is 356 g/mol. The van der Waals surface area contributed by atoms with Crippen molar-refractivity contribution >= 4 is 11.6 Å². The molecule has 1 aromatic carbocycles. The Bertz CT molecular complexity index is 962. The van der Waals surface area contributed by atoms with Crippen molar-refractivity contribution in [2.24, 2.45) is 5.73 Å². The Morgan fingerprint density at radius 3 is 2.74 bits per heavy atom. The average Bonchev–Trinajstić information content (AvgIpc) is 3.25. The molecule has 1 amide bonds. The first-order valence-corrected chi connectivity index (χ1v) is 7.95. The molecule has 2 heterocycles. The molecule has 0 unspecified atom stereocenters. The molecule has 0 atom stereocenters. The number of hydrogen-bond donors (Lipinski definition) is 1. The minimum atomic E-state index is -0.556. The van der Waals surface area contributed by atoms with Crippen LogP contribution in [-0.2, 0) is 17.8 Å². The van der Waals surface area contributed by atoms with Gasteiger partial charge < -0.3 is 15.0 Å². The van der Waals surface area contributed by atoms with Gasteiger partial charge in [-0.05, 0) is 31.2 Å². The van der Waals surface area contributed by atoms with Gasteiger partial charge in [0.15, 0.2) is 6.61 Å². The zero-order chi connectivity index (χ0) is 19.4. The Kier molecular flexibility index (Phi) is 5.11. The van der Waals surface area contributed by atoms with Crippen LogP contribution in [0.5, 0.6) is 5.75 Å². The molecule has 3 rings (SSSR count). The van der Waals surface area contributed by atoms with Gasteiger partial charge in [0, 0.05) is 12.0 Å². The van der Waals surface area contributed by atoms with Gasteiger partial charge in [-0.1, -0.05) is 5.16 Å². The van der Waals surface area contributed by atoms with Crippen LogP contribution in [0.2, 0.25) is 0 Å². The van der Waals surface area contributed by atoms with Crippen molar-refractivity contribution in [3.05, 3.63) is 52.2 Å². The van der Waals surface area contributed by atoms with E-state index in [0.29, 0.717) is 41.7 Å². The smallest absolute Gasteiger partial charge is 0.309 e. The van der Waals surface area contributed by atoms with Gasteiger partial charge in [0.25, 0.3) is 5.91 Å². The highest BCUT2D eigenvalue weighted by atomic mass is 16.6. The van der Waals surface area contributed by atoms with Gasteiger partial charge in [0.2, 0.25) is 11.7 Å². The lowest BCUT2D eigenvalue weighted by atomic mass is 10.2. The molecule has 0 fully saturated rings. The van der Waals surface area contributed by atoms with E-state index >= 15 is 0 Å². The van der Waals surface area contributed by atoms with E-state index in [1.807, 2.05) is 0 Å². The number of amides is 1. The van der Waals surface area contributed by atoms with E-state index in [2.05, 4.69) is 15.2 Å². The summed E-state index contributed by atoms with van der Waals surface area (Å²) in [6, 6.07) is 6.79. The van der Waals surface area contributed by atoms with Crippen molar-refractivity contribution < 1.29 is 19.0 Å². The largest absolute Gasteiger partial charge is 0.484 e. The number of ether oxygens (including phenoxy) is 1. The number of aromatic nitrogens is 4. The number of carbonyl (C=O) groups is 1. The second-order valence-electron chi connectivity index (χ2n) is 5.64. The predicted molar refractivity (Wildman–Crippen MR) is 91.7 cm³/mol. The Balaban J connectivity index is 1.63. The number of benzene rings is 1. The lowest BCUT2D eigenvalue weighted by molar-refractivity contribution is -0.385. The SMILES string of the molecule is Cc1c([N+](=O)[O-])cnn1CCc1nc(-c2ccc(OCC(N)=O)cc2)no1. The van der Waals surface area contributed by atoms with Crippen LogP contribution in [0.4, 0.5) is 5.69 Å². The Hall–Kier alpha value is -3.76. The van der Waals surface area contributed by atoms with Gasteiger partial charge in [-0.15, -0.1) is 0 Å². The minimum Gasteiger partial charge on any atom is -0.484 e. The summed E-state index contributed by atoms with van der Waals surface area (Å²) >= 11 is 0. The normalized spacial score (nSPS) is 10.7. The number of hydrogen-bond acceptors (Lipinski definition) is 8. The van der Waals surface area contributed by atoms with E-state index in [9.17, 15) is 14.9 Å². The van der Waals surface area contributed by atoms with Crippen molar-refractivity contribution in [1.29, 1.82) is 0 Å². The molecule has 11 nitrogen and oxygen atoms in total. The molecule has 2 aromatic heterocycles. The number of nitrogens with zero attached hydrogens (tertiary/aromatic N) is 5. The van der Waals surface area contributed by atoms with E-state index in [1.165, 1.54) is 10.9 Å². The third-order valence-electron chi connectivity index (χ3n) is 3.77. The maximum absolute atomic E-state index is 10.8. The fourth-order valence-corrected chi connectivity index (χ4v) is 2.37. The molecule has 0 aliphatic carbocycles. The zero-order valence-electron chi connectivity index (χ0n) is 14.4. The predicted octanol–water partition coefficient (Wildman–Crippen LogP) is 1.26. The maximum atomic E-state index is 10.8. The summed E-state index contributed by atoms with van der Waals surface area (Å²) in [5.74, 6) is 0.725. The number of primary amides is 1. The van der Waals surface area contributed by atoms with Crippen LogP contribution < -0.4 is 10.5 Å². The summed E-state index contributed by atoms with van der Waals surface area (Å²) in [5.41, 5.74) is 6.17. The van der Waals surface area contributed by atoms with E-state index in [-0.39, 0.29) is 12.3 Å². The van der Waals surface area contributed by atoms with Gasteiger partial charge in [-0.25, -0.2) is 0 Å². The van der Waals surface area contributed by atoms with Gasteiger partial charge in [-0.3, -0.25) is 19.6 Å². The molecule has 0 radical (unpaired) electrons. The number of rotatable bonds is 8. The Morgan fingerprint density at radius 2 is 2.11 bits per heavy atom. The molecule has 140 valence electrons. The monoisotopic (exact) mass is 372 g/mol. The summed E-state index contributed by atoms with van der Waals surface area (Å²) in [6.07, 6.45) is 1.60. The molecule has 0 saturated heterocycles. The standard InChI is InChI=1S/C16H16N6O5/c1-10-13(22(24)25)8-18-21(10)7-6-15-19-16(20-27-15)11-2-4-12(5-3-11)26-9-14(17)23/h2-5,8H,6-7,9H2,1H3,(H2,17,23). The summed E-state index contributed by atoms with van der Waals surface area (Å²) in [6.45, 7) is 1.81. The average molecular weight is 372 g/mol. The van der Waals surface area contributed by atoms with E-state index in [1.54, 1.807) is 31.2 Å². The van der Waals surface area contributed by atoms with E-state index < -0.39 is 10.8 Å². The number of carbonyl (C=O) groups excluding carboxylic acids is 1. The fraction of sp³-hybridized carbons (Fsp3) is 0.250. The van der Waals surface area contributed by atoms with Crippen molar-refractivity contribution in [2.45, 2.75) is 19.9 Å². The number of nitro groups is 1. The molecule has 0 aliphatic heterocycles. The van der Waals surface area contributed by atoms with Gasteiger partial charge >= 0.3 is 5.69 Å².